The van der Waals surface area contributed by atoms with Crippen LogP contribution in [0.4, 0.5) is 0 Å². The van der Waals surface area contributed by atoms with Crippen LogP contribution in [0.25, 0.3) is 0 Å². The number of benzene rings is 1. The minimum Gasteiger partial charge on any atom is -0.496 e. The fraction of sp³-hybridized carbons (Fsp3) is 0.650. The van der Waals surface area contributed by atoms with Gasteiger partial charge in [-0.1, -0.05) is 11.6 Å². The van der Waals surface area contributed by atoms with Gasteiger partial charge in [0.05, 0.1) is 7.11 Å². The van der Waals surface area contributed by atoms with Crippen LogP contribution >= 0.6 is 11.6 Å². The molecule has 2 saturated heterocycles. The fourth-order valence-electron chi connectivity index (χ4n) is 4.19. The molecular weight excluding hydrogens is 366 g/mol. The smallest absolute Gasteiger partial charge is 0.325 e. The van der Waals surface area contributed by atoms with Crippen molar-refractivity contribution in [2.24, 2.45) is 5.92 Å². The standard InChI is InChI=1S/C20H30ClN3O3/c1-22-9-11-23(12-10-22)14-15-5-7-24(8-6-15)19(20(25)26)17-13-16(21)3-4-18(17)27-2/h3-4,13,15,19H,5-12,14H2,1-2H3,(H,25,26). The van der Waals surface area contributed by atoms with Crippen LogP contribution in [-0.2, 0) is 4.79 Å². The lowest BCUT2D eigenvalue weighted by molar-refractivity contribution is -0.144. The zero-order chi connectivity index (χ0) is 19.4. The summed E-state index contributed by atoms with van der Waals surface area (Å²) in [5.41, 5.74) is 0.634. The Bertz CT molecular complexity index is 641. The third-order valence-electron chi connectivity index (χ3n) is 5.85. The lowest BCUT2D eigenvalue weighted by atomic mass is 9.93. The first-order valence-corrected chi connectivity index (χ1v) is 10.1. The van der Waals surface area contributed by atoms with Crippen molar-refractivity contribution in [1.82, 2.24) is 14.7 Å². The second-order valence-corrected chi connectivity index (χ2v) is 8.15. The Kier molecular flexibility index (Phi) is 6.98. The molecule has 0 radical (unpaired) electrons. The number of carboxylic acids is 1. The molecule has 1 unspecified atom stereocenters. The van der Waals surface area contributed by atoms with Crippen LogP contribution in [0.1, 0.15) is 24.4 Å². The van der Waals surface area contributed by atoms with Crippen LogP contribution in [0.15, 0.2) is 18.2 Å². The number of piperazine rings is 1. The lowest BCUT2D eigenvalue weighted by Crippen LogP contribution is -2.48. The van der Waals surface area contributed by atoms with Crippen LogP contribution in [0.2, 0.25) is 5.02 Å². The summed E-state index contributed by atoms with van der Waals surface area (Å²) in [6.07, 6.45) is 2.05. The summed E-state index contributed by atoms with van der Waals surface area (Å²) in [4.78, 5) is 19.0. The predicted octanol–water partition coefficient (Wildman–Crippen LogP) is 2.43. The van der Waals surface area contributed by atoms with E-state index in [-0.39, 0.29) is 0 Å². The second-order valence-electron chi connectivity index (χ2n) is 7.71. The number of methoxy groups -OCH3 is 1. The molecule has 1 aromatic rings. The molecule has 2 fully saturated rings. The number of likely N-dealkylation sites (N-methyl/N-ethyl adjacent to an activating group) is 1. The number of hydrogen-bond acceptors (Lipinski definition) is 5. The largest absolute Gasteiger partial charge is 0.496 e. The van der Waals surface area contributed by atoms with Crippen molar-refractivity contribution < 1.29 is 14.6 Å². The van der Waals surface area contributed by atoms with Crippen molar-refractivity contribution >= 4 is 17.6 Å². The summed E-state index contributed by atoms with van der Waals surface area (Å²) in [6, 6.07) is 4.47. The number of aliphatic carboxylic acids is 1. The van der Waals surface area contributed by atoms with Gasteiger partial charge < -0.3 is 19.6 Å². The number of carboxylic acid groups (broad SMARTS) is 1. The molecule has 1 atom stereocenters. The lowest BCUT2D eigenvalue weighted by Gasteiger charge is -2.39. The van der Waals surface area contributed by atoms with Gasteiger partial charge in [0.15, 0.2) is 0 Å². The molecule has 1 N–H and O–H groups in total. The fourth-order valence-corrected chi connectivity index (χ4v) is 4.37. The molecule has 6 nitrogen and oxygen atoms in total. The van der Waals surface area contributed by atoms with Gasteiger partial charge in [-0.2, -0.15) is 0 Å². The molecule has 27 heavy (non-hydrogen) atoms. The molecule has 0 saturated carbocycles. The summed E-state index contributed by atoms with van der Waals surface area (Å²) in [6.45, 7) is 7.22. The van der Waals surface area contributed by atoms with Gasteiger partial charge >= 0.3 is 5.97 Å². The Hall–Kier alpha value is -1.34. The van der Waals surface area contributed by atoms with E-state index >= 15 is 0 Å². The van der Waals surface area contributed by atoms with E-state index in [0.29, 0.717) is 22.3 Å². The van der Waals surface area contributed by atoms with Crippen molar-refractivity contribution in [2.45, 2.75) is 18.9 Å². The van der Waals surface area contributed by atoms with E-state index in [1.807, 2.05) is 0 Å². The number of rotatable bonds is 6. The van der Waals surface area contributed by atoms with Crippen LogP contribution in [0.5, 0.6) is 5.75 Å². The molecule has 0 spiro atoms. The first-order chi connectivity index (χ1) is 13.0. The molecule has 7 heteroatoms. The maximum absolute atomic E-state index is 12.1. The molecule has 2 aliphatic rings. The molecular formula is C20H30ClN3O3. The van der Waals surface area contributed by atoms with Gasteiger partial charge in [-0.15, -0.1) is 0 Å². The number of carbonyl (C=O) groups is 1. The molecule has 0 aliphatic carbocycles. The zero-order valence-corrected chi connectivity index (χ0v) is 17.0. The summed E-state index contributed by atoms with van der Waals surface area (Å²) < 4.78 is 5.39. The van der Waals surface area contributed by atoms with Gasteiger partial charge in [0.1, 0.15) is 11.8 Å². The highest BCUT2D eigenvalue weighted by molar-refractivity contribution is 6.30. The van der Waals surface area contributed by atoms with E-state index in [0.717, 1.165) is 58.7 Å². The van der Waals surface area contributed by atoms with Gasteiger partial charge in [0.25, 0.3) is 0 Å². The molecule has 0 amide bonds. The Morgan fingerprint density at radius 3 is 2.48 bits per heavy atom. The highest BCUT2D eigenvalue weighted by atomic mass is 35.5. The van der Waals surface area contributed by atoms with E-state index in [2.05, 4.69) is 21.7 Å². The molecule has 2 aliphatic heterocycles. The quantitative estimate of drug-likeness (QED) is 0.798. The normalized spacial score (nSPS) is 21.9. The maximum atomic E-state index is 12.1. The van der Waals surface area contributed by atoms with Crippen molar-refractivity contribution in [1.29, 1.82) is 0 Å². The van der Waals surface area contributed by atoms with Gasteiger partial charge in [0, 0.05) is 43.3 Å². The summed E-state index contributed by atoms with van der Waals surface area (Å²) in [7, 11) is 3.74. The van der Waals surface area contributed by atoms with E-state index in [1.54, 1.807) is 25.3 Å². The summed E-state index contributed by atoms with van der Waals surface area (Å²) in [5, 5.41) is 10.4. The van der Waals surface area contributed by atoms with E-state index in [1.165, 1.54) is 0 Å². The van der Waals surface area contributed by atoms with Crippen molar-refractivity contribution in [3.05, 3.63) is 28.8 Å². The Morgan fingerprint density at radius 2 is 1.89 bits per heavy atom. The summed E-state index contributed by atoms with van der Waals surface area (Å²) >= 11 is 6.13. The van der Waals surface area contributed by atoms with Crippen molar-refractivity contribution in [2.75, 3.05) is 60.0 Å². The maximum Gasteiger partial charge on any atom is 0.325 e. The summed E-state index contributed by atoms with van der Waals surface area (Å²) in [5.74, 6) is 0.361. The minimum absolute atomic E-state index is 0.530. The topological polar surface area (TPSA) is 56.3 Å². The Balaban J connectivity index is 1.62. The van der Waals surface area contributed by atoms with Crippen molar-refractivity contribution in [3.63, 3.8) is 0 Å². The Morgan fingerprint density at radius 1 is 1.22 bits per heavy atom. The van der Waals surface area contributed by atoms with Crippen molar-refractivity contribution in [3.8, 4) is 5.75 Å². The monoisotopic (exact) mass is 395 g/mol. The number of hydrogen-bond donors (Lipinski definition) is 1. The number of piperidine rings is 1. The average Bonchev–Trinajstić information content (AvgIpc) is 2.65. The number of likely N-dealkylation sites (tertiary alicyclic amines) is 1. The van der Waals surface area contributed by atoms with Crippen LogP contribution in [0.3, 0.4) is 0 Å². The van der Waals surface area contributed by atoms with Crippen LogP contribution in [0, 0.1) is 5.92 Å². The minimum atomic E-state index is -0.854. The molecule has 1 aromatic carbocycles. The molecule has 2 heterocycles. The third-order valence-corrected chi connectivity index (χ3v) is 6.08. The average molecular weight is 396 g/mol. The van der Waals surface area contributed by atoms with Gasteiger partial charge in [0.2, 0.25) is 0 Å². The second kappa shape index (κ2) is 9.24. The number of halogens is 1. The van der Waals surface area contributed by atoms with E-state index in [9.17, 15) is 9.90 Å². The molecule has 3 rings (SSSR count). The SMILES string of the molecule is COc1ccc(Cl)cc1C(C(=O)O)N1CCC(CN2CCN(C)CC2)CC1. The predicted molar refractivity (Wildman–Crippen MR) is 107 cm³/mol. The number of ether oxygens (including phenoxy) is 1. The first kappa shape index (κ1) is 20.4. The van der Waals surface area contributed by atoms with E-state index < -0.39 is 12.0 Å². The van der Waals surface area contributed by atoms with Gasteiger partial charge in [-0.05, 0) is 57.1 Å². The van der Waals surface area contributed by atoms with Crippen LogP contribution in [-0.4, -0.2) is 85.7 Å². The Labute approximate surface area is 166 Å². The molecule has 0 bridgehead atoms. The van der Waals surface area contributed by atoms with E-state index in [4.69, 9.17) is 16.3 Å². The molecule has 150 valence electrons. The zero-order valence-electron chi connectivity index (χ0n) is 16.2. The van der Waals surface area contributed by atoms with Crippen LogP contribution < -0.4 is 4.74 Å². The third kappa shape index (κ3) is 5.13. The highest BCUT2D eigenvalue weighted by Crippen LogP contribution is 2.34. The van der Waals surface area contributed by atoms with Gasteiger partial charge in [-0.25, -0.2) is 0 Å². The number of nitrogens with zero attached hydrogens (tertiary/aromatic N) is 3. The highest BCUT2D eigenvalue weighted by Gasteiger charge is 2.33. The van der Waals surface area contributed by atoms with Gasteiger partial charge in [-0.3, -0.25) is 9.69 Å². The molecule has 0 aromatic heterocycles. The first-order valence-electron chi connectivity index (χ1n) is 9.69.